The molecule has 0 unspecified atom stereocenters. The van der Waals surface area contributed by atoms with Crippen molar-refractivity contribution in [3.8, 4) is 0 Å². The lowest BCUT2D eigenvalue weighted by atomic mass is 9.85. The number of hydrogen-bond donors (Lipinski definition) is 5. The number of benzene rings is 2. The fraction of sp³-hybridized carbons (Fsp3) is 0.564. The molecule has 1 saturated heterocycles. The number of aliphatic hydroxyl groups excluding tert-OH is 1. The summed E-state index contributed by atoms with van der Waals surface area (Å²) in [5.41, 5.74) is 0.321. The molecule has 3 rings (SSSR count). The van der Waals surface area contributed by atoms with Crippen LogP contribution >= 0.6 is 11.8 Å². The second-order valence-electron chi connectivity index (χ2n) is 16.4. The van der Waals surface area contributed by atoms with Gasteiger partial charge in [-0.1, -0.05) is 116 Å². The molecule has 0 saturated carbocycles. The summed E-state index contributed by atoms with van der Waals surface area (Å²) < 4.78 is -0.628. The third kappa shape index (κ3) is 11.6. The van der Waals surface area contributed by atoms with Gasteiger partial charge in [0.05, 0.1) is 11.9 Å². The number of nitrogens with zero attached hydrogens (tertiary/aromatic N) is 1. The number of nitrogens with one attached hydrogen (secondary N) is 4. The van der Waals surface area contributed by atoms with E-state index in [-0.39, 0.29) is 35.4 Å². The summed E-state index contributed by atoms with van der Waals surface area (Å²) in [6, 6.07) is 13.8. The number of hydrogen-bond acceptors (Lipinski definition) is 7. The van der Waals surface area contributed by atoms with Gasteiger partial charge in [-0.05, 0) is 42.2 Å². The lowest BCUT2D eigenvalue weighted by molar-refractivity contribution is -0.148. The van der Waals surface area contributed by atoms with E-state index in [1.54, 1.807) is 65.0 Å². The minimum absolute atomic E-state index is 0.104. The average Bonchev–Trinajstić information content (AvgIpc) is 3.38. The number of amides is 5. The molecule has 0 radical (unpaired) electrons. The van der Waals surface area contributed by atoms with Gasteiger partial charge in [-0.2, -0.15) is 0 Å². The van der Waals surface area contributed by atoms with Crippen LogP contribution in [0.5, 0.6) is 0 Å². The number of aliphatic hydroxyl groups is 1. The molecule has 280 valence electrons. The van der Waals surface area contributed by atoms with Gasteiger partial charge in [0.25, 0.3) is 5.91 Å². The Morgan fingerprint density at radius 1 is 0.843 bits per heavy atom. The molecular formula is C39H57N5O6S. The van der Waals surface area contributed by atoms with Crippen LogP contribution in [-0.2, 0) is 30.4 Å². The predicted molar refractivity (Wildman–Crippen MR) is 201 cm³/mol. The van der Waals surface area contributed by atoms with Crippen molar-refractivity contribution in [1.29, 1.82) is 0 Å². The van der Waals surface area contributed by atoms with Crippen LogP contribution in [0.25, 0.3) is 0 Å². The van der Waals surface area contributed by atoms with E-state index in [1.165, 1.54) is 16.7 Å². The van der Waals surface area contributed by atoms with Gasteiger partial charge in [0.15, 0.2) is 6.10 Å². The first-order valence-electron chi connectivity index (χ1n) is 17.5. The van der Waals surface area contributed by atoms with Gasteiger partial charge >= 0.3 is 0 Å². The highest BCUT2D eigenvalue weighted by atomic mass is 32.2. The molecule has 1 aliphatic rings. The molecule has 2 aromatic carbocycles. The molecular weight excluding hydrogens is 667 g/mol. The van der Waals surface area contributed by atoms with Crippen LogP contribution in [0.2, 0.25) is 0 Å². The SMILES string of the molecule is CC(C)C(=O)N[C@H](C(=O)N[C@H](C(=O)N[C@@H](Cc1ccccc1)[C@H](O)C(=O)N1CSC(C)(C)[C@H]1C(=O)NCC(C)(C)C)C(C)(C)C)c1ccccc1. The minimum atomic E-state index is -1.71. The number of carbonyl (C=O) groups excluding carboxylic acids is 5. The van der Waals surface area contributed by atoms with E-state index in [2.05, 4.69) is 21.3 Å². The molecule has 0 spiro atoms. The zero-order chi connectivity index (χ0) is 38.3. The Morgan fingerprint density at radius 3 is 1.94 bits per heavy atom. The smallest absolute Gasteiger partial charge is 0.254 e. The van der Waals surface area contributed by atoms with E-state index in [4.69, 9.17) is 0 Å². The van der Waals surface area contributed by atoms with Crippen molar-refractivity contribution in [2.24, 2.45) is 16.7 Å². The standard InChI is InChI=1S/C39H57N5O6S/c1-24(2)32(46)42-28(26-19-15-12-16-20-26)33(47)43-30(38(6,7)8)34(48)41-27(21-25-17-13-11-14-18-25)29(45)36(50)44-23-51-39(9,10)31(44)35(49)40-22-37(3,4)5/h11-20,24,27-31,45H,21-23H2,1-10H3,(H,40,49)(H,41,48)(H,42,46)(H,43,47)/t27-,28-,29-,30+,31+/m0/s1. The lowest BCUT2D eigenvalue weighted by Gasteiger charge is -2.36. The second kappa shape index (κ2) is 17.1. The van der Waals surface area contributed by atoms with Crippen molar-refractivity contribution in [2.75, 3.05) is 12.4 Å². The van der Waals surface area contributed by atoms with Crippen molar-refractivity contribution in [3.63, 3.8) is 0 Å². The highest BCUT2D eigenvalue weighted by Gasteiger charge is 2.50. The van der Waals surface area contributed by atoms with E-state index in [1.807, 2.05) is 65.0 Å². The molecule has 2 aromatic rings. The van der Waals surface area contributed by atoms with Gasteiger partial charge < -0.3 is 31.3 Å². The van der Waals surface area contributed by atoms with Gasteiger partial charge in [0, 0.05) is 17.2 Å². The maximum Gasteiger partial charge on any atom is 0.254 e. The predicted octanol–water partition coefficient (Wildman–Crippen LogP) is 3.96. The molecule has 0 bridgehead atoms. The maximum absolute atomic E-state index is 14.2. The number of thioether (sulfide) groups is 1. The van der Waals surface area contributed by atoms with Crippen LogP contribution in [0.15, 0.2) is 60.7 Å². The van der Waals surface area contributed by atoms with Crippen molar-refractivity contribution in [2.45, 2.75) is 111 Å². The molecule has 0 aromatic heterocycles. The zero-order valence-electron chi connectivity index (χ0n) is 31.7. The molecule has 51 heavy (non-hydrogen) atoms. The fourth-order valence-corrected chi connectivity index (χ4v) is 6.88. The monoisotopic (exact) mass is 723 g/mol. The third-order valence-corrected chi connectivity index (χ3v) is 10.1. The largest absolute Gasteiger partial charge is 0.381 e. The van der Waals surface area contributed by atoms with Crippen molar-refractivity contribution in [3.05, 3.63) is 71.8 Å². The van der Waals surface area contributed by atoms with Gasteiger partial charge in [-0.15, -0.1) is 11.8 Å². The lowest BCUT2D eigenvalue weighted by Crippen LogP contribution is -2.62. The Morgan fingerprint density at radius 2 is 1.41 bits per heavy atom. The van der Waals surface area contributed by atoms with E-state index in [9.17, 15) is 29.1 Å². The van der Waals surface area contributed by atoms with E-state index < -0.39 is 58.2 Å². The quantitative estimate of drug-likeness (QED) is 0.210. The summed E-state index contributed by atoms with van der Waals surface area (Å²) in [4.78, 5) is 69.9. The van der Waals surface area contributed by atoms with Crippen molar-refractivity contribution >= 4 is 41.3 Å². The molecule has 5 atom stereocenters. The Kier molecular flexibility index (Phi) is 13.9. The highest BCUT2D eigenvalue weighted by molar-refractivity contribution is 8.00. The summed E-state index contributed by atoms with van der Waals surface area (Å²) in [5.74, 6) is -2.70. The van der Waals surface area contributed by atoms with E-state index in [0.29, 0.717) is 12.1 Å². The highest BCUT2D eigenvalue weighted by Crippen LogP contribution is 2.40. The Balaban J connectivity index is 1.92. The van der Waals surface area contributed by atoms with E-state index >= 15 is 0 Å². The summed E-state index contributed by atoms with van der Waals surface area (Å²) in [5, 5.41) is 23.3. The van der Waals surface area contributed by atoms with Crippen LogP contribution < -0.4 is 21.3 Å². The molecule has 0 aliphatic carbocycles. The third-order valence-electron chi connectivity index (χ3n) is 8.75. The van der Waals surface area contributed by atoms with Crippen molar-refractivity contribution < 1.29 is 29.1 Å². The summed E-state index contributed by atoms with van der Waals surface area (Å²) >= 11 is 1.44. The fourth-order valence-electron chi connectivity index (χ4n) is 5.74. The van der Waals surface area contributed by atoms with Crippen LogP contribution in [0.4, 0.5) is 0 Å². The van der Waals surface area contributed by atoms with Gasteiger partial charge in [0.2, 0.25) is 23.6 Å². The minimum Gasteiger partial charge on any atom is -0.381 e. The van der Waals surface area contributed by atoms with Crippen LogP contribution in [0.3, 0.4) is 0 Å². The normalized spacial score (nSPS) is 18.3. The molecule has 1 heterocycles. The van der Waals surface area contributed by atoms with Gasteiger partial charge in [-0.25, -0.2) is 0 Å². The molecule has 1 fully saturated rings. The summed E-state index contributed by atoms with van der Waals surface area (Å²) in [6.07, 6.45) is -1.60. The van der Waals surface area contributed by atoms with Crippen LogP contribution in [0.1, 0.15) is 86.4 Å². The number of carbonyl (C=O) groups is 5. The zero-order valence-corrected chi connectivity index (χ0v) is 32.5. The van der Waals surface area contributed by atoms with Gasteiger partial charge in [-0.3, -0.25) is 24.0 Å². The van der Waals surface area contributed by atoms with Crippen LogP contribution in [-0.4, -0.2) is 80.9 Å². The first kappa shape index (κ1) is 41.5. The molecule has 5 N–H and O–H groups in total. The van der Waals surface area contributed by atoms with Crippen molar-refractivity contribution in [1.82, 2.24) is 26.2 Å². The topological polar surface area (TPSA) is 157 Å². The van der Waals surface area contributed by atoms with Gasteiger partial charge in [0.1, 0.15) is 18.1 Å². The molecule has 5 amide bonds. The Labute approximate surface area is 307 Å². The first-order chi connectivity index (χ1) is 23.6. The summed E-state index contributed by atoms with van der Waals surface area (Å²) in [7, 11) is 0. The Bertz CT molecular complexity index is 1520. The second-order valence-corrected chi connectivity index (χ2v) is 18.0. The maximum atomic E-state index is 14.2. The van der Waals surface area contributed by atoms with Crippen LogP contribution in [0, 0.1) is 16.7 Å². The average molecular weight is 724 g/mol. The molecule has 1 aliphatic heterocycles. The Hall–Kier alpha value is -3.90. The van der Waals surface area contributed by atoms with E-state index in [0.717, 1.165) is 5.56 Å². The molecule has 11 nitrogen and oxygen atoms in total. The molecule has 12 heteroatoms. The summed E-state index contributed by atoms with van der Waals surface area (Å²) in [6.45, 7) is 19.0. The first-order valence-corrected chi connectivity index (χ1v) is 18.5. The number of rotatable bonds is 13.